The van der Waals surface area contributed by atoms with E-state index in [-0.39, 0.29) is 11.1 Å². The molecule has 2 nitrogen and oxygen atoms in total. The van der Waals surface area contributed by atoms with Crippen LogP contribution < -0.4 is 0 Å². The van der Waals surface area contributed by atoms with E-state index in [1.165, 1.54) is 5.57 Å². The monoisotopic (exact) mass is 259 g/mol. The highest BCUT2D eigenvalue weighted by Crippen LogP contribution is 2.44. The molecule has 1 heterocycles. The van der Waals surface area contributed by atoms with Crippen molar-refractivity contribution in [1.29, 1.82) is 0 Å². The SMILES string of the molecule is C=C1CCN(C(C)(C)C)C1(CC)CC(O)CCl. The molecule has 1 saturated heterocycles. The Labute approximate surface area is 111 Å². The number of alkyl halides is 1. The molecule has 0 aromatic carbocycles. The Balaban J connectivity index is 3.03. The van der Waals surface area contributed by atoms with E-state index in [0.717, 1.165) is 19.4 Å². The Hall–Kier alpha value is -0.0500. The molecule has 3 heteroatoms. The molecule has 0 saturated carbocycles. The molecule has 2 unspecified atom stereocenters. The highest BCUT2D eigenvalue weighted by Gasteiger charge is 2.47. The van der Waals surface area contributed by atoms with E-state index in [1.807, 2.05) is 0 Å². The first-order chi connectivity index (χ1) is 7.78. The van der Waals surface area contributed by atoms with Crippen LogP contribution in [0, 0.1) is 0 Å². The summed E-state index contributed by atoms with van der Waals surface area (Å²) < 4.78 is 0. The minimum Gasteiger partial charge on any atom is -0.392 e. The average Bonchev–Trinajstić information content (AvgIpc) is 2.56. The van der Waals surface area contributed by atoms with Crippen molar-refractivity contribution in [2.45, 2.75) is 64.1 Å². The smallest absolute Gasteiger partial charge is 0.0696 e. The van der Waals surface area contributed by atoms with Crippen LogP contribution in [0.15, 0.2) is 12.2 Å². The van der Waals surface area contributed by atoms with E-state index >= 15 is 0 Å². The Morgan fingerprint density at radius 2 is 2.12 bits per heavy atom. The summed E-state index contributed by atoms with van der Waals surface area (Å²) in [6.45, 7) is 14.1. The van der Waals surface area contributed by atoms with Crippen molar-refractivity contribution in [2.75, 3.05) is 12.4 Å². The summed E-state index contributed by atoms with van der Waals surface area (Å²) in [4.78, 5) is 2.48. The molecule has 100 valence electrons. The molecule has 1 N–H and O–H groups in total. The van der Waals surface area contributed by atoms with Gasteiger partial charge in [-0.05, 0) is 40.0 Å². The van der Waals surface area contributed by atoms with Gasteiger partial charge < -0.3 is 5.11 Å². The van der Waals surface area contributed by atoms with Gasteiger partial charge in [0.25, 0.3) is 0 Å². The molecule has 1 fully saturated rings. The average molecular weight is 260 g/mol. The number of nitrogens with zero attached hydrogens (tertiary/aromatic N) is 1. The van der Waals surface area contributed by atoms with Crippen LogP contribution in [0.4, 0.5) is 0 Å². The number of aliphatic hydroxyl groups excluding tert-OH is 1. The van der Waals surface area contributed by atoms with Crippen LogP contribution in [-0.2, 0) is 0 Å². The molecular formula is C14H26ClNO. The molecule has 0 aromatic rings. The maximum Gasteiger partial charge on any atom is 0.0696 e. The van der Waals surface area contributed by atoms with Gasteiger partial charge in [0.05, 0.1) is 6.10 Å². The van der Waals surface area contributed by atoms with E-state index in [9.17, 15) is 5.11 Å². The van der Waals surface area contributed by atoms with Gasteiger partial charge in [0.15, 0.2) is 0 Å². The molecule has 1 aliphatic heterocycles. The second kappa shape index (κ2) is 5.29. The normalized spacial score (nSPS) is 28.7. The minimum atomic E-state index is -0.448. The topological polar surface area (TPSA) is 23.5 Å². The van der Waals surface area contributed by atoms with E-state index in [1.54, 1.807) is 0 Å². The van der Waals surface area contributed by atoms with Crippen LogP contribution in [0.2, 0.25) is 0 Å². The third-order valence-electron chi connectivity index (χ3n) is 3.96. The van der Waals surface area contributed by atoms with Crippen LogP contribution in [0.5, 0.6) is 0 Å². The standard InChI is InChI=1S/C14H26ClNO/c1-6-14(9-12(17)10-15)11(2)7-8-16(14)13(3,4)5/h12,17H,2,6-10H2,1,3-5H3. The first-order valence-electron chi connectivity index (χ1n) is 6.48. The van der Waals surface area contributed by atoms with E-state index in [2.05, 4.69) is 39.2 Å². The summed E-state index contributed by atoms with van der Waals surface area (Å²) in [5.74, 6) is 0.299. The van der Waals surface area contributed by atoms with Gasteiger partial charge in [-0.25, -0.2) is 0 Å². The molecule has 0 amide bonds. The van der Waals surface area contributed by atoms with Gasteiger partial charge >= 0.3 is 0 Å². The van der Waals surface area contributed by atoms with Crippen LogP contribution in [-0.4, -0.2) is 39.6 Å². The number of rotatable bonds is 4. The van der Waals surface area contributed by atoms with Crippen molar-refractivity contribution in [3.05, 3.63) is 12.2 Å². The van der Waals surface area contributed by atoms with Gasteiger partial charge in [-0.1, -0.05) is 19.1 Å². The highest BCUT2D eigenvalue weighted by atomic mass is 35.5. The lowest BCUT2D eigenvalue weighted by molar-refractivity contribution is 0.0220. The van der Waals surface area contributed by atoms with Crippen LogP contribution in [0.25, 0.3) is 0 Å². The lowest BCUT2D eigenvalue weighted by Gasteiger charge is -2.47. The second-order valence-corrected chi connectivity index (χ2v) is 6.38. The minimum absolute atomic E-state index is 0.0768. The zero-order valence-electron chi connectivity index (χ0n) is 11.6. The van der Waals surface area contributed by atoms with Crippen LogP contribution in [0.3, 0.4) is 0 Å². The van der Waals surface area contributed by atoms with Crippen LogP contribution >= 0.6 is 11.6 Å². The van der Waals surface area contributed by atoms with Gasteiger partial charge in [0.1, 0.15) is 0 Å². The van der Waals surface area contributed by atoms with Crippen molar-refractivity contribution in [1.82, 2.24) is 4.90 Å². The number of aliphatic hydroxyl groups is 1. The largest absolute Gasteiger partial charge is 0.392 e. The Bertz CT molecular complexity index is 284. The summed E-state index contributed by atoms with van der Waals surface area (Å²) in [7, 11) is 0. The Kier molecular flexibility index (Phi) is 4.67. The molecule has 1 aliphatic rings. The number of hydrogen-bond donors (Lipinski definition) is 1. The third kappa shape index (κ3) is 2.86. The zero-order valence-corrected chi connectivity index (χ0v) is 12.3. The Morgan fingerprint density at radius 1 is 1.53 bits per heavy atom. The molecule has 0 aromatic heterocycles. The van der Waals surface area contributed by atoms with Gasteiger partial charge in [0.2, 0.25) is 0 Å². The van der Waals surface area contributed by atoms with Gasteiger partial charge in [-0.3, -0.25) is 4.90 Å². The third-order valence-corrected chi connectivity index (χ3v) is 4.31. The lowest BCUT2D eigenvalue weighted by atomic mass is 9.81. The molecule has 0 radical (unpaired) electrons. The molecule has 17 heavy (non-hydrogen) atoms. The fourth-order valence-corrected chi connectivity index (χ4v) is 3.25. The quantitative estimate of drug-likeness (QED) is 0.619. The molecular weight excluding hydrogens is 234 g/mol. The van der Waals surface area contributed by atoms with Crippen molar-refractivity contribution >= 4 is 11.6 Å². The zero-order chi connectivity index (χ0) is 13.3. The fourth-order valence-electron chi connectivity index (χ4n) is 3.15. The summed E-state index contributed by atoms with van der Waals surface area (Å²) >= 11 is 5.76. The van der Waals surface area contributed by atoms with Crippen molar-refractivity contribution in [3.63, 3.8) is 0 Å². The number of hydrogen-bond acceptors (Lipinski definition) is 2. The molecule has 2 atom stereocenters. The number of halogens is 1. The van der Waals surface area contributed by atoms with Crippen molar-refractivity contribution < 1.29 is 5.11 Å². The maximum atomic E-state index is 9.92. The summed E-state index contributed by atoms with van der Waals surface area (Å²) in [6.07, 6.45) is 2.26. The van der Waals surface area contributed by atoms with E-state index < -0.39 is 6.10 Å². The van der Waals surface area contributed by atoms with Gasteiger partial charge in [0, 0.05) is 23.5 Å². The fraction of sp³-hybridized carbons (Fsp3) is 0.857. The second-order valence-electron chi connectivity index (χ2n) is 6.07. The first-order valence-corrected chi connectivity index (χ1v) is 7.01. The predicted molar refractivity (Wildman–Crippen MR) is 74.6 cm³/mol. The molecule has 0 spiro atoms. The molecule has 0 bridgehead atoms. The first kappa shape index (κ1) is 15.0. The predicted octanol–water partition coefficient (Wildman–Crippen LogP) is 3.19. The lowest BCUT2D eigenvalue weighted by Crippen LogP contribution is -2.55. The summed E-state index contributed by atoms with van der Waals surface area (Å²) in [5.41, 5.74) is 1.27. The van der Waals surface area contributed by atoms with E-state index in [0.29, 0.717) is 12.3 Å². The number of likely N-dealkylation sites (tertiary alicyclic amines) is 1. The van der Waals surface area contributed by atoms with Crippen LogP contribution in [0.1, 0.15) is 47.0 Å². The summed E-state index contributed by atoms with van der Waals surface area (Å²) in [6, 6.07) is 0. The molecule has 0 aliphatic carbocycles. The highest BCUT2D eigenvalue weighted by molar-refractivity contribution is 6.18. The van der Waals surface area contributed by atoms with Gasteiger partial charge in [-0.2, -0.15) is 0 Å². The Morgan fingerprint density at radius 3 is 2.53 bits per heavy atom. The molecule has 1 rings (SSSR count). The van der Waals surface area contributed by atoms with Crippen molar-refractivity contribution in [3.8, 4) is 0 Å². The van der Waals surface area contributed by atoms with Crippen molar-refractivity contribution in [2.24, 2.45) is 0 Å². The van der Waals surface area contributed by atoms with E-state index in [4.69, 9.17) is 11.6 Å². The maximum absolute atomic E-state index is 9.92. The van der Waals surface area contributed by atoms with Gasteiger partial charge in [-0.15, -0.1) is 11.6 Å². The summed E-state index contributed by atoms with van der Waals surface area (Å²) in [5, 5.41) is 9.92.